The number of halogens is 6. The van der Waals surface area contributed by atoms with E-state index < -0.39 is 47.5 Å². The van der Waals surface area contributed by atoms with Crippen molar-refractivity contribution in [1.82, 2.24) is 0 Å². The Labute approximate surface area is 115 Å². The van der Waals surface area contributed by atoms with Crippen LogP contribution in [0.5, 0.6) is 0 Å². The number of carbonyl (C=O) groups is 1. The number of benzene rings is 1. The van der Waals surface area contributed by atoms with E-state index in [1.165, 1.54) is 0 Å². The molecule has 0 saturated carbocycles. The fourth-order valence-electron chi connectivity index (χ4n) is 1.90. The van der Waals surface area contributed by atoms with E-state index in [0.717, 1.165) is 13.0 Å². The fourth-order valence-corrected chi connectivity index (χ4v) is 1.90. The average molecular weight is 315 g/mol. The molecule has 1 rings (SSSR count). The van der Waals surface area contributed by atoms with Crippen LogP contribution in [0.15, 0.2) is 12.1 Å². The van der Waals surface area contributed by atoms with E-state index in [1.807, 2.05) is 0 Å². The summed E-state index contributed by atoms with van der Waals surface area (Å²) >= 11 is 0. The first-order valence-electron chi connectivity index (χ1n) is 5.61. The third kappa shape index (κ3) is 3.87. The summed E-state index contributed by atoms with van der Waals surface area (Å²) < 4.78 is 76.6. The zero-order chi connectivity index (χ0) is 16.6. The molecule has 0 aromatic heterocycles. The molecule has 0 amide bonds. The van der Waals surface area contributed by atoms with Crippen molar-refractivity contribution in [3.05, 3.63) is 34.4 Å². The Bertz CT molecular complexity index is 550. The second-order valence-corrected chi connectivity index (χ2v) is 4.42. The van der Waals surface area contributed by atoms with E-state index >= 15 is 0 Å². The van der Waals surface area contributed by atoms with Crippen LogP contribution < -0.4 is 5.73 Å². The van der Waals surface area contributed by atoms with Crippen LogP contribution in [-0.4, -0.2) is 17.1 Å². The number of alkyl halides is 6. The van der Waals surface area contributed by atoms with E-state index in [4.69, 9.17) is 10.8 Å². The summed E-state index contributed by atoms with van der Waals surface area (Å²) in [7, 11) is 0. The normalized spacial score (nSPS) is 14.1. The maximum Gasteiger partial charge on any atom is 0.417 e. The molecule has 0 aliphatic carbocycles. The lowest BCUT2D eigenvalue weighted by molar-refractivity contribution is -0.162. The molecule has 3 N–H and O–H groups in total. The SMILES string of the molecule is Cc1c(C[C@H](N)C(=O)O)ccc(C(F)(F)F)c1C(F)(F)F. The summed E-state index contributed by atoms with van der Waals surface area (Å²) in [5, 5.41) is 8.62. The molecule has 0 spiro atoms. The maximum atomic E-state index is 12.9. The average Bonchev–Trinajstić information content (AvgIpc) is 2.27. The Hall–Kier alpha value is -1.77. The first-order chi connectivity index (χ1) is 9.35. The van der Waals surface area contributed by atoms with Gasteiger partial charge in [-0.25, -0.2) is 0 Å². The zero-order valence-corrected chi connectivity index (χ0v) is 10.6. The van der Waals surface area contributed by atoms with Gasteiger partial charge in [-0.3, -0.25) is 4.79 Å². The lowest BCUT2D eigenvalue weighted by Crippen LogP contribution is -2.33. The molecule has 0 fully saturated rings. The number of carboxylic acids is 1. The molecule has 0 saturated heterocycles. The lowest BCUT2D eigenvalue weighted by atomic mass is 9.92. The van der Waals surface area contributed by atoms with E-state index in [-0.39, 0.29) is 5.56 Å². The number of hydrogen-bond acceptors (Lipinski definition) is 2. The van der Waals surface area contributed by atoms with Gasteiger partial charge in [0.2, 0.25) is 0 Å². The molecule has 1 atom stereocenters. The van der Waals surface area contributed by atoms with Gasteiger partial charge >= 0.3 is 18.3 Å². The topological polar surface area (TPSA) is 63.3 Å². The maximum absolute atomic E-state index is 12.9. The predicted octanol–water partition coefficient (Wildman–Crippen LogP) is 2.99. The molecule has 0 unspecified atom stereocenters. The van der Waals surface area contributed by atoms with Crippen molar-refractivity contribution < 1.29 is 36.2 Å². The summed E-state index contributed by atoms with van der Waals surface area (Å²) in [6.07, 6.45) is -10.9. The molecular formula is C12H11F6NO2. The standard InChI is InChI=1S/C12H11F6NO2/c1-5-6(4-8(19)10(20)21)2-3-7(11(13,14)15)9(5)12(16,17)18/h2-3,8H,4,19H2,1H3,(H,20,21)/t8-/m0/s1. The number of hydrogen-bond donors (Lipinski definition) is 2. The second-order valence-electron chi connectivity index (χ2n) is 4.42. The monoisotopic (exact) mass is 315 g/mol. The Morgan fingerprint density at radius 3 is 2.10 bits per heavy atom. The first-order valence-corrected chi connectivity index (χ1v) is 5.61. The molecular weight excluding hydrogens is 304 g/mol. The van der Waals surface area contributed by atoms with E-state index in [2.05, 4.69) is 0 Å². The number of aliphatic carboxylic acids is 1. The third-order valence-electron chi connectivity index (χ3n) is 2.92. The van der Waals surface area contributed by atoms with Gasteiger partial charge in [-0.15, -0.1) is 0 Å². The van der Waals surface area contributed by atoms with Gasteiger partial charge in [-0.1, -0.05) is 6.07 Å². The molecule has 0 aliphatic rings. The summed E-state index contributed by atoms with van der Waals surface area (Å²) in [6.45, 7) is 0.863. The van der Waals surface area contributed by atoms with Gasteiger partial charge in [-0.2, -0.15) is 26.3 Å². The molecule has 1 aromatic carbocycles. The van der Waals surface area contributed by atoms with Crippen molar-refractivity contribution in [3.8, 4) is 0 Å². The molecule has 0 aliphatic heterocycles. The van der Waals surface area contributed by atoms with E-state index in [0.29, 0.717) is 6.07 Å². The summed E-state index contributed by atoms with van der Waals surface area (Å²) in [6, 6.07) is -0.392. The van der Waals surface area contributed by atoms with Crippen molar-refractivity contribution in [2.24, 2.45) is 5.73 Å². The Balaban J connectivity index is 3.45. The third-order valence-corrected chi connectivity index (χ3v) is 2.92. The van der Waals surface area contributed by atoms with Crippen LogP contribution in [0.4, 0.5) is 26.3 Å². The van der Waals surface area contributed by atoms with Crippen LogP contribution in [0.1, 0.15) is 22.3 Å². The van der Waals surface area contributed by atoms with Crippen molar-refractivity contribution in [1.29, 1.82) is 0 Å². The fraction of sp³-hybridized carbons (Fsp3) is 0.417. The number of nitrogens with two attached hydrogens (primary N) is 1. The van der Waals surface area contributed by atoms with Crippen molar-refractivity contribution in [2.45, 2.75) is 31.7 Å². The van der Waals surface area contributed by atoms with Crippen molar-refractivity contribution >= 4 is 5.97 Å². The lowest BCUT2D eigenvalue weighted by Gasteiger charge is -2.20. The number of carboxylic acid groups (broad SMARTS) is 1. The Morgan fingerprint density at radius 2 is 1.71 bits per heavy atom. The van der Waals surface area contributed by atoms with Gasteiger partial charge in [0.05, 0.1) is 11.1 Å². The molecule has 0 heterocycles. The molecule has 21 heavy (non-hydrogen) atoms. The van der Waals surface area contributed by atoms with Gasteiger partial charge in [-0.05, 0) is 30.5 Å². The molecule has 0 bridgehead atoms. The van der Waals surface area contributed by atoms with Crippen LogP contribution in [-0.2, 0) is 23.6 Å². The van der Waals surface area contributed by atoms with E-state index in [9.17, 15) is 31.1 Å². The zero-order valence-electron chi connectivity index (χ0n) is 10.6. The van der Waals surface area contributed by atoms with Gasteiger partial charge in [0.25, 0.3) is 0 Å². The molecule has 0 radical (unpaired) electrons. The Morgan fingerprint density at radius 1 is 1.19 bits per heavy atom. The highest BCUT2D eigenvalue weighted by Gasteiger charge is 2.44. The van der Waals surface area contributed by atoms with Gasteiger partial charge in [0.1, 0.15) is 6.04 Å². The molecule has 3 nitrogen and oxygen atoms in total. The van der Waals surface area contributed by atoms with Gasteiger partial charge in [0, 0.05) is 0 Å². The second kappa shape index (κ2) is 5.55. The highest BCUT2D eigenvalue weighted by Crippen LogP contribution is 2.42. The molecule has 1 aromatic rings. The van der Waals surface area contributed by atoms with Gasteiger partial charge in [0.15, 0.2) is 0 Å². The van der Waals surface area contributed by atoms with Crippen LogP contribution in [0.3, 0.4) is 0 Å². The quantitative estimate of drug-likeness (QED) is 0.843. The van der Waals surface area contributed by atoms with Crippen LogP contribution in [0.25, 0.3) is 0 Å². The predicted molar refractivity (Wildman–Crippen MR) is 60.5 cm³/mol. The first kappa shape index (κ1) is 17.3. The smallest absolute Gasteiger partial charge is 0.417 e. The van der Waals surface area contributed by atoms with Crippen LogP contribution >= 0.6 is 0 Å². The molecule has 118 valence electrons. The van der Waals surface area contributed by atoms with Crippen LogP contribution in [0.2, 0.25) is 0 Å². The number of rotatable bonds is 3. The van der Waals surface area contributed by atoms with Crippen molar-refractivity contribution in [2.75, 3.05) is 0 Å². The molecule has 9 heteroatoms. The Kier molecular flexibility index (Phi) is 4.57. The van der Waals surface area contributed by atoms with Crippen molar-refractivity contribution in [3.63, 3.8) is 0 Å². The minimum absolute atomic E-state index is 0.190. The minimum atomic E-state index is -5.21. The van der Waals surface area contributed by atoms with Gasteiger partial charge < -0.3 is 10.8 Å². The van der Waals surface area contributed by atoms with E-state index in [1.54, 1.807) is 0 Å². The van der Waals surface area contributed by atoms with Crippen LogP contribution in [0, 0.1) is 6.92 Å². The summed E-state index contributed by atoms with van der Waals surface area (Å²) in [5.74, 6) is -1.46. The highest BCUT2D eigenvalue weighted by atomic mass is 19.4. The largest absolute Gasteiger partial charge is 0.480 e. The minimum Gasteiger partial charge on any atom is -0.480 e. The summed E-state index contributed by atoms with van der Waals surface area (Å²) in [5.41, 5.74) is 0.715. The summed E-state index contributed by atoms with van der Waals surface area (Å²) in [4.78, 5) is 10.6. The highest BCUT2D eigenvalue weighted by molar-refractivity contribution is 5.73.